The third-order valence-electron chi connectivity index (χ3n) is 2.70. The second kappa shape index (κ2) is 5.93. The molecule has 0 aliphatic carbocycles. The normalized spacial score (nSPS) is 11.0. The molecule has 0 bridgehead atoms. The number of amides is 1. The lowest BCUT2D eigenvalue weighted by molar-refractivity contribution is 0.0580. The highest BCUT2D eigenvalue weighted by atomic mass is 16.6. The fraction of sp³-hybridized carbons (Fsp3) is 0.250. The van der Waals surface area contributed by atoms with Crippen LogP contribution < -0.4 is 10.9 Å². The zero-order valence-electron chi connectivity index (χ0n) is 12.4. The van der Waals surface area contributed by atoms with Gasteiger partial charge in [-0.3, -0.25) is 4.98 Å². The van der Waals surface area contributed by atoms with Gasteiger partial charge in [-0.1, -0.05) is 18.2 Å². The lowest BCUT2D eigenvalue weighted by atomic mass is 10.1. The molecular formula is C16H19N3O2. The lowest BCUT2D eigenvalue weighted by Gasteiger charge is -2.24. The molecule has 0 saturated heterocycles. The van der Waals surface area contributed by atoms with Crippen LogP contribution in [-0.2, 0) is 4.74 Å². The number of carbonyl (C=O) groups is 1. The molecule has 5 nitrogen and oxygen atoms in total. The van der Waals surface area contributed by atoms with Crippen molar-refractivity contribution in [3.8, 4) is 11.3 Å². The summed E-state index contributed by atoms with van der Waals surface area (Å²) in [5, 5.41) is 0.994. The van der Waals surface area contributed by atoms with E-state index in [1.54, 1.807) is 39.1 Å². The second-order valence-corrected chi connectivity index (χ2v) is 5.61. The number of anilines is 1. The predicted octanol–water partition coefficient (Wildman–Crippen LogP) is 3.36. The number of benzene rings is 1. The number of hydrazine groups is 1. The van der Waals surface area contributed by atoms with Crippen LogP contribution in [0, 0.1) is 0 Å². The number of hydrogen-bond acceptors (Lipinski definition) is 4. The summed E-state index contributed by atoms with van der Waals surface area (Å²) >= 11 is 0. The molecule has 0 fully saturated rings. The molecule has 1 heterocycles. The molecule has 0 unspecified atom stereocenters. The van der Waals surface area contributed by atoms with Crippen LogP contribution in [0.4, 0.5) is 10.5 Å². The van der Waals surface area contributed by atoms with Crippen LogP contribution in [0.25, 0.3) is 11.3 Å². The summed E-state index contributed by atoms with van der Waals surface area (Å²) in [5.41, 5.74) is 1.80. The number of nitrogens with two attached hydrogens (primary N) is 1. The number of ether oxygens (including phenoxy) is 1. The third kappa shape index (κ3) is 4.03. The van der Waals surface area contributed by atoms with E-state index in [0.717, 1.165) is 16.3 Å². The van der Waals surface area contributed by atoms with E-state index in [9.17, 15) is 4.79 Å². The topological polar surface area (TPSA) is 68.5 Å². The molecule has 0 aliphatic rings. The molecule has 2 aromatic rings. The van der Waals surface area contributed by atoms with Crippen molar-refractivity contribution in [2.45, 2.75) is 26.4 Å². The molecule has 2 rings (SSSR count). The Bertz CT molecular complexity index is 604. The van der Waals surface area contributed by atoms with Crippen molar-refractivity contribution in [3.05, 3.63) is 48.7 Å². The molecule has 2 N–H and O–H groups in total. The van der Waals surface area contributed by atoms with Crippen LogP contribution in [0.3, 0.4) is 0 Å². The van der Waals surface area contributed by atoms with Gasteiger partial charge < -0.3 is 4.74 Å². The van der Waals surface area contributed by atoms with Gasteiger partial charge in [-0.15, -0.1) is 0 Å². The Morgan fingerprint density at radius 2 is 1.81 bits per heavy atom. The second-order valence-electron chi connectivity index (χ2n) is 5.61. The van der Waals surface area contributed by atoms with Crippen molar-refractivity contribution >= 4 is 11.8 Å². The van der Waals surface area contributed by atoms with Crippen molar-refractivity contribution in [2.75, 3.05) is 5.01 Å². The van der Waals surface area contributed by atoms with Gasteiger partial charge in [0.15, 0.2) is 0 Å². The van der Waals surface area contributed by atoms with Crippen molar-refractivity contribution in [3.63, 3.8) is 0 Å². The third-order valence-corrected chi connectivity index (χ3v) is 2.70. The summed E-state index contributed by atoms with van der Waals surface area (Å²) in [6, 6.07) is 12.9. The predicted molar refractivity (Wildman–Crippen MR) is 82.6 cm³/mol. The average molecular weight is 285 g/mol. The van der Waals surface area contributed by atoms with Gasteiger partial charge in [-0.25, -0.2) is 15.6 Å². The minimum absolute atomic E-state index is 0.559. The molecule has 0 saturated carbocycles. The van der Waals surface area contributed by atoms with E-state index >= 15 is 0 Å². The Kier molecular flexibility index (Phi) is 4.23. The number of aromatic nitrogens is 1. The van der Waals surface area contributed by atoms with E-state index in [2.05, 4.69) is 4.98 Å². The minimum Gasteiger partial charge on any atom is -0.442 e. The number of hydrogen-bond donors (Lipinski definition) is 1. The van der Waals surface area contributed by atoms with Crippen LogP contribution >= 0.6 is 0 Å². The Balaban J connectivity index is 2.14. The molecular weight excluding hydrogens is 266 g/mol. The number of rotatable bonds is 2. The highest BCUT2D eigenvalue weighted by molar-refractivity contribution is 5.86. The Labute approximate surface area is 124 Å². The summed E-state index contributed by atoms with van der Waals surface area (Å²) in [6.45, 7) is 5.38. The number of carbonyl (C=O) groups excluding carboxylic acids is 1. The van der Waals surface area contributed by atoms with Gasteiger partial charge in [0.2, 0.25) is 0 Å². The molecule has 1 aromatic heterocycles. The first-order valence-corrected chi connectivity index (χ1v) is 6.66. The SMILES string of the molecule is CC(C)(C)OC(=O)N(N)c1ccc(-c2ccccn2)cc1. The van der Waals surface area contributed by atoms with E-state index in [1.807, 2.05) is 30.3 Å². The van der Waals surface area contributed by atoms with Crippen LogP contribution in [0.2, 0.25) is 0 Å². The van der Waals surface area contributed by atoms with Gasteiger partial charge >= 0.3 is 6.09 Å². The first-order chi connectivity index (χ1) is 9.87. The van der Waals surface area contributed by atoms with E-state index < -0.39 is 11.7 Å². The molecule has 0 radical (unpaired) electrons. The van der Waals surface area contributed by atoms with Crippen LogP contribution in [0.15, 0.2) is 48.7 Å². The van der Waals surface area contributed by atoms with Gasteiger partial charge in [-0.2, -0.15) is 0 Å². The van der Waals surface area contributed by atoms with E-state index in [1.165, 1.54) is 0 Å². The highest BCUT2D eigenvalue weighted by Crippen LogP contribution is 2.21. The van der Waals surface area contributed by atoms with Crippen LogP contribution in [-0.4, -0.2) is 16.7 Å². The van der Waals surface area contributed by atoms with Gasteiger partial charge in [-0.05, 0) is 45.0 Å². The van der Waals surface area contributed by atoms with Crippen LogP contribution in [0.1, 0.15) is 20.8 Å². The van der Waals surface area contributed by atoms with Gasteiger partial charge in [0.25, 0.3) is 0 Å². The maximum absolute atomic E-state index is 11.9. The van der Waals surface area contributed by atoms with E-state index in [4.69, 9.17) is 10.6 Å². The fourth-order valence-electron chi connectivity index (χ4n) is 1.74. The van der Waals surface area contributed by atoms with Crippen molar-refractivity contribution < 1.29 is 9.53 Å². The first-order valence-electron chi connectivity index (χ1n) is 6.66. The average Bonchev–Trinajstić information content (AvgIpc) is 2.46. The maximum atomic E-state index is 11.9. The summed E-state index contributed by atoms with van der Waals surface area (Å²) in [4.78, 5) is 16.2. The molecule has 0 atom stereocenters. The summed E-state index contributed by atoms with van der Waals surface area (Å²) in [6.07, 6.45) is 1.15. The standard InChI is InChI=1S/C16H19N3O2/c1-16(2,3)21-15(20)19(17)13-9-7-12(8-10-13)14-6-4-5-11-18-14/h4-11H,17H2,1-3H3. The fourth-order valence-corrected chi connectivity index (χ4v) is 1.74. The largest absolute Gasteiger partial charge is 0.442 e. The van der Waals surface area contributed by atoms with Gasteiger partial charge in [0, 0.05) is 11.8 Å². The summed E-state index contributed by atoms with van der Waals surface area (Å²) < 4.78 is 5.22. The Hall–Kier alpha value is -2.40. The minimum atomic E-state index is -0.590. The summed E-state index contributed by atoms with van der Waals surface area (Å²) in [7, 11) is 0. The number of pyridine rings is 1. The van der Waals surface area contributed by atoms with Crippen molar-refractivity contribution in [1.82, 2.24) is 4.98 Å². The van der Waals surface area contributed by atoms with E-state index in [0.29, 0.717) is 5.69 Å². The molecule has 110 valence electrons. The highest BCUT2D eigenvalue weighted by Gasteiger charge is 2.21. The Morgan fingerprint density at radius 3 is 2.33 bits per heavy atom. The quantitative estimate of drug-likeness (QED) is 0.522. The number of nitrogens with zero attached hydrogens (tertiary/aromatic N) is 2. The monoisotopic (exact) mass is 285 g/mol. The zero-order chi connectivity index (χ0) is 15.5. The summed E-state index contributed by atoms with van der Waals surface area (Å²) in [5.74, 6) is 5.78. The molecule has 1 amide bonds. The van der Waals surface area contributed by atoms with Gasteiger partial charge in [0.1, 0.15) is 5.60 Å². The van der Waals surface area contributed by atoms with E-state index in [-0.39, 0.29) is 0 Å². The first kappa shape index (κ1) is 15.0. The molecule has 1 aromatic carbocycles. The van der Waals surface area contributed by atoms with Crippen LogP contribution in [0.5, 0.6) is 0 Å². The smallest absolute Gasteiger partial charge is 0.429 e. The van der Waals surface area contributed by atoms with Gasteiger partial charge in [0.05, 0.1) is 11.4 Å². The zero-order valence-corrected chi connectivity index (χ0v) is 12.4. The maximum Gasteiger partial charge on any atom is 0.429 e. The molecule has 5 heteroatoms. The van der Waals surface area contributed by atoms with Crippen molar-refractivity contribution in [2.24, 2.45) is 5.84 Å². The molecule has 21 heavy (non-hydrogen) atoms. The van der Waals surface area contributed by atoms with Crippen molar-refractivity contribution in [1.29, 1.82) is 0 Å². The molecule has 0 spiro atoms. The lowest BCUT2D eigenvalue weighted by Crippen LogP contribution is -2.41. The molecule has 0 aliphatic heterocycles. The Morgan fingerprint density at radius 1 is 1.14 bits per heavy atom.